The molecule has 0 aliphatic heterocycles. The molecular weight excluding hydrogens is 458 g/mol. The molecule has 0 aliphatic rings. The van der Waals surface area contributed by atoms with Gasteiger partial charge in [-0.15, -0.1) is 0 Å². The van der Waals surface area contributed by atoms with Crippen molar-refractivity contribution in [3.63, 3.8) is 0 Å². The van der Waals surface area contributed by atoms with Crippen LogP contribution in [0.25, 0.3) is 0 Å². The molecule has 0 saturated heterocycles. The average Bonchev–Trinajstić information content (AvgIpc) is 2.88. The molecule has 0 aromatic carbocycles. The van der Waals surface area contributed by atoms with Crippen molar-refractivity contribution in [3.8, 4) is 0 Å². The fourth-order valence-corrected chi connectivity index (χ4v) is 6.72. The lowest BCUT2D eigenvalue weighted by molar-refractivity contribution is 0.00311. The van der Waals surface area contributed by atoms with Gasteiger partial charge in [0.05, 0.1) is 0 Å². The molecule has 0 amide bonds. The van der Waals surface area contributed by atoms with Crippen molar-refractivity contribution in [1.29, 1.82) is 0 Å². The number of nitrogens with zero attached hydrogens (tertiary/aromatic N) is 1. The zero-order chi connectivity index (χ0) is 28.4. The summed E-state index contributed by atoms with van der Waals surface area (Å²) in [5.74, 6) is 0. The molecule has 0 radical (unpaired) electrons. The fourth-order valence-electron chi connectivity index (χ4n) is 6.72. The van der Waals surface area contributed by atoms with Crippen LogP contribution in [0.4, 0.5) is 0 Å². The molecule has 0 spiro atoms. The Kier molecular flexibility index (Phi) is 25.9. The van der Waals surface area contributed by atoms with Gasteiger partial charge in [0, 0.05) is 11.1 Å². The Morgan fingerprint density at radius 3 is 0.789 bits per heavy atom. The molecule has 0 N–H and O–H groups in total. The van der Waals surface area contributed by atoms with Gasteiger partial charge in [-0.1, -0.05) is 175 Å². The van der Waals surface area contributed by atoms with E-state index in [1.54, 1.807) is 0 Å². The van der Waals surface area contributed by atoms with Crippen LogP contribution in [0.15, 0.2) is 0 Å². The van der Waals surface area contributed by atoms with E-state index in [9.17, 15) is 0 Å². The van der Waals surface area contributed by atoms with E-state index in [0.717, 1.165) is 0 Å². The summed E-state index contributed by atoms with van der Waals surface area (Å²) < 4.78 is 0. The van der Waals surface area contributed by atoms with Crippen molar-refractivity contribution in [2.24, 2.45) is 0 Å². The molecule has 0 aromatic rings. The Morgan fingerprint density at radius 2 is 0.553 bits per heavy atom. The van der Waals surface area contributed by atoms with Crippen LogP contribution in [-0.2, 0) is 0 Å². The lowest BCUT2D eigenvalue weighted by Gasteiger charge is -2.49. The highest BCUT2D eigenvalue weighted by Gasteiger charge is 2.36. The molecule has 0 rings (SSSR count). The maximum absolute atomic E-state index is 2.89. The molecule has 38 heavy (non-hydrogen) atoms. The van der Waals surface area contributed by atoms with Crippen LogP contribution in [0.5, 0.6) is 0 Å². The first-order chi connectivity index (χ1) is 18.3. The largest absolute Gasteiger partial charge is 0.293 e. The van der Waals surface area contributed by atoms with E-state index in [1.165, 1.54) is 180 Å². The van der Waals surface area contributed by atoms with E-state index in [4.69, 9.17) is 0 Å². The minimum absolute atomic E-state index is 0.315. The Morgan fingerprint density at radius 1 is 0.316 bits per heavy atom. The highest BCUT2D eigenvalue weighted by molar-refractivity contribution is 4.92. The van der Waals surface area contributed by atoms with E-state index < -0.39 is 0 Å². The van der Waals surface area contributed by atoms with Gasteiger partial charge in [-0.2, -0.15) is 0 Å². The summed E-state index contributed by atoms with van der Waals surface area (Å²) in [4.78, 5) is 2.89. The number of hydrogen-bond donors (Lipinski definition) is 0. The lowest BCUT2D eigenvalue weighted by atomic mass is 9.85. The van der Waals surface area contributed by atoms with E-state index in [-0.39, 0.29) is 0 Å². The Hall–Kier alpha value is -0.0400. The standard InChI is InChI=1S/C37H77N/c1-8-11-13-15-17-19-21-23-25-27-29-31-33-36(4,5)38(35-10-3)37(6,7)34-32-30-28-26-24-22-20-18-16-14-12-9-2/h8-35H2,1-7H3. The zero-order valence-corrected chi connectivity index (χ0v) is 28.2. The van der Waals surface area contributed by atoms with Crippen molar-refractivity contribution >= 4 is 0 Å². The third-order valence-corrected chi connectivity index (χ3v) is 9.19. The second kappa shape index (κ2) is 25.9. The first kappa shape index (κ1) is 38.0. The van der Waals surface area contributed by atoms with Crippen LogP contribution in [0.3, 0.4) is 0 Å². The minimum atomic E-state index is 0.315. The molecule has 0 fully saturated rings. The third kappa shape index (κ3) is 21.7. The van der Waals surface area contributed by atoms with Crippen molar-refractivity contribution in [2.75, 3.05) is 6.54 Å². The molecular formula is C37H77N. The molecule has 0 bridgehead atoms. The number of rotatable bonds is 30. The minimum Gasteiger partial charge on any atom is -0.293 e. The smallest absolute Gasteiger partial charge is 0.0158 e. The first-order valence-electron chi connectivity index (χ1n) is 18.1. The monoisotopic (exact) mass is 536 g/mol. The van der Waals surface area contributed by atoms with Crippen LogP contribution in [0.2, 0.25) is 0 Å². The predicted octanol–water partition coefficient (Wildman–Crippen LogP) is 13.4. The second-order valence-electron chi connectivity index (χ2n) is 14.1. The van der Waals surface area contributed by atoms with E-state index in [1.807, 2.05) is 0 Å². The predicted molar refractivity (Wildman–Crippen MR) is 177 cm³/mol. The molecule has 1 nitrogen and oxygen atoms in total. The van der Waals surface area contributed by atoms with Gasteiger partial charge in [0.1, 0.15) is 0 Å². The summed E-state index contributed by atoms with van der Waals surface area (Å²) in [6.07, 6.45) is 38.6. The number of unbranched alkanes of at least 4 members (excludes halogenated alkanes) is 22. The van der Waals surface area contributed by atoms with Gasteiger partial charge in [0.25, 0.3) is 0 Å². The van der Waals surface area contributed by atoms with Crippen LogP contribution < -0.4 is 0 Å². The van der Waals surface area contributed by atoms with Gasteiger partial charge in [-0.05, 0) is 53.5 Å². The average molecular weight is 536 g/mol. The summed E-state index contributed by atoms with van der Waals surface area (Å²) in [6, 6.07) is 0. The van der Waals surface area contributed by atoms with Crippen molar-refractivity contribution in [3.05, 3.63) is 0 Å². The lowest BCUT2D eigenvalue weighted by Crippen LogP contribution is -2.55. The van der Waals surface area contributed by atoms with Gasteiger partial charge in [-0.25, -0.2) is 0 Å². The molecule has 0 aliphatic carbocycles. The quantitative estimate of drug-likeness (QED) is 0.0826. The van der Waals surface area contributed by atoms with Crippen molar-refractivity contribution < 1.29 is 0 Å². The highest BCUT2D eigenvalue weighted by Crippen LogP contribution is 2.33. The fraction of sp³-hybridized carbons (Fsp3) is 1.00. The topological polar surface area (TPSA) is 3.24 Å². The van der Waals surface area contributed by atoms with Crippen LogP contribution in [0, 0.1) is 0 Å². The molecule has 0 heterocycles. The van der Waals surface area contributed by atoms with Gasteiger partial charge >= 0.3 is 0 Å². The maximum atomic E-state index is 2.89. The van der Waals surface area contributed by atoms with Crippen LogP contribution in [-0.4, -0.2) is 22.5 Å². The second-order valence-corrected chi connectivity index (χ2v) is 14.1. The Balaban J connectivity index is 4.04. The summed E-state index contributed by atoms with van der Waals surface area (Å²) in [7, 11) is 0. The molecule has 230 valence electrons. The van der Waals surface area contributed by atoms with Crippen molar-refractivity contribution in [1.82, 2.24) is 4.90 Å². The summed E-state index contributed by atoms with van der Waals surface area (Å²) >= 11 is 0. The summed E-state index contributed by atoms with van der Waals surface area (Å²) in [5, 5.41) is 0. The van der Waals surface area contributed by atoms with Crippen LogP contribution in [0.1, 0.15) is 222 Å². The van der Waals surface area contributed by atoms with Gasteiger partial charge in [0.2, 0.25) is 0 Å². The van der Waals surface area contributed by atoms with E-state index in [0.29, 0.717) is 11.1 Å². The van der Waals surface area contributed by atoms with Gasteiger partial charge in [0.15, 0.2) is 0 Å². The summed E-state index contributed by atoms with van der Waals surface area (Å²) in [5.41, 5.74) is 0.629. The van der Waals surface area contributed by atoms with Gasteiger partial charge in [-0.3, -0.25) is 4.90 Å². The normalized spacial score (nSPS) is 12.6. The summed E-state index contributed by atoms with van der Waals surface area (Å²) in [6.45, 7) is 18.4. The maximum Gasteiger partial charge on any atom is 0.0158 e. The van der Waals surface area contributed by atoms with Crippen molar-refractivity contribution in [2.45, 2.75) is 233 Å². The molecule has 0 unspecified atom stereocenters. The van der Waals surface area contributed by atoms with Gasteiger partial charge < -0.3 is 0 Å². The van der Waals surface area contributed by atoms with Crippen LogP contribution >= 0.6 is 0 Å². The number of hydrogen-bond acceptors (Lipinski definition) is 1. The third-order valence-electron chi connectivity index (χ3n) is 9.19. The molecule has 0 saturated carbocycles. The van der Waals surface area contributed by atoms with E-state index in [2.05, 4.69) is 53.4 Å². The highest BCUT2D eigenvalue weighted by atomic mass is 15.2. The zero-order valence-electron chi connectivity index (χ0n) is 28.2. The molecule has 0 atom stereocenters. The van der Waals surface area contributed by atoms with E-state index >= 15 is 0 Å². The molecule has 1 heteroatoms. The Bertz CT molecular complexity index is 425. The first-order valence-corrected chi connectivity index (χ1v) is 18.1. The Labute approximate surface area is 244 Å². The SMILES string of the molecule is CCCCCCCCCCCCCCC(C)(C)N(CCC)C(C)(C)CCCCCCCCCCCCCC. The molecule has 0 aromatic heterocycles.